The lowest BCUT2D eigenvalue weighted by Crippen LogP contribution is -2.47. The molecule has 0 saturated carbocycles. The van der Waals surface area contributed by atoms with E-state index in [0.717, 1.165) is 25.9 Å². The second-order valence-corrected chi connectivity index (χ2v) is 4.57. The minimum atomic E-state index is -0.689. The van der Waals surface area contributed by atoms with Crippen molar-refractivity contribution in [2.75, 3.05) is 33.7 Å². The fraction of sp³-hybridized carbons (Fsp3) is 0.909. The van der Waals surface area contributed by atoms with Gasteiger partial charge in [0.2, 0.25) is 0 Å². The molecule has 0 amide bonds. The van der Waals surface area contributed by atoms with Crippen LogP contribution in [0.5, 0.6) is 0 Å². The van der Waals surface area contributed by atoms with E-state index in [-0.39, 0.29) is 6.04 Å². The minimum absolute atomic E-state index is 0.335. The number of hydrogen-bond acceptors (Lipinski definition) is 3. The molecule has 1 aliphatic heterocycles. The summed E-state index contributed by atoms with van der Waals surface area (Å²) in [4.78, 5) is 15.2. The maximum atomic E-state index is 11.2. The minimum Gasteiger partial charge on any atom is -0.480 e. The van der Waals surface area contributed by atoms with Gasteiger partial charge in [-0.2, -0.15) is 0 Å². The van der Waals surface area contributed by atoms with Gasteiger partial charge in [0.25, 0.3) is 0 Å². The van der Waals surface area contributed by atoms with E-state index in [0.29, 0.717) is 6.54 Å². The fourth-order valence-corrected chi connectivity index (χ4v) is 2.10. The van der Waals surface area contributed by atoms with Crippen molar-refractivity contribution in [2.24, 2.45) is 0 Å². The van der Waals surface area contributed by atoms with Crippen molar-refractivity contribution in [2.45, 2.75) is 31.7 Å². The first kappa shape index (κ1) is 12.5. The van der Waals surface area contributed by atoms with Crippen molar-refractivity contribution in [3.05, 3.63) is 0 Å². The first-order valence-corrected chi connectivity index (χ1v) is 5.73. The van der Waals surface area contributed by atoms with Gasteiger partial charge in [0.15, 0.2) is 0 Å². The lowest BCUT2D eigenvalue weighted by molar-refractivity contribution is -0.143. The quantitative estimate of drug-likeness (QED) is 0.754. The van der Waals surface area contributed by atoms with E-state index >= 15 is 0 Å². The molecule has 0 aromatic heterocycles. The summed E-state index contributed by atoms with van der Waals surface area (Å²) in [5, 5.41) is 9.20. The summed E-state index contributed by atoms with van der Waals surface area (Å²) >= 11 is 0. The van der Waals surface area contributed by atoms with Crippen molar-refractivity contribution < 1.29 is 9.90 Å². The highest BCUT2D eigenvalue weighted by Gasteiger charge is 2.26. The number of aliphatic carboxylic acids is 1. The van der Waals surface area contributed by atoms with E-state index in [4.69, 9.17) is 0 Å². The van der Waals surface area contributed by atoms with Crippen LogP contribution >= 0.6 is 0 Å². The second-order valence-electron chi connectivity index (χ2n) is 4.57. The van der Waals surface area contributed by atoms with Gasteiger partial charge in [0, 0.05) is 6.54 Å². The SMILES string of the molecule is CN(C)CC(C(=O)O)N1CCCCCC1. The van der Waals surface area contributed by atoms with E-state index < -0.39 is 5.97 Å². The zero-order valence-corrected chi connectivity index (χ0v) is 9.78. The molecular formula is C11H22N2O2. The molecule has 1 fully saturated rings. The largest absolute Gasteiger partial charge is 0.480 e. The highest BCUT2D eigenvalue weighted by Crippen LogP contribution is 2.13. The number of rotatable bonds is 4. The Hall–Kier alpha value is -0.610. The molecule has 0 spiro atoms. The second kappa shape index (κ2) is 6.08. The van der Waals surface area contributed by atoms with Crippen LogP contribution in [0.15, 0.2) is 0 Å². The molecule has 1 rings (SSSR count). The molecule has 1 heterocycles. The van der Waals surface area contributed by atoms with Crippen molar-refractivity contribution in [3.8, 4) is 0 Å². The number of carbonyl (C=O) groups is 1. The highest BCUT2D eigenvalue weighted by molar-refractivity contribution is 5.73. The normalized spacial score (nSPS) is 21.3. The van der Waals surface area contributed by atoms with Crippen LogP contribution in [0.1, 0.15) is 25.7 Å². The van der Waals surface area contributed by atoms with Crippen molar-refractivity contribution in [1.82, 2.24) is 9.80 Å². The van der Waals surface area contributed by atoms with E-state index in [9.17, 15) is 9.90 Å². The summed E-state index contributed by atoms with van der Waals surface area (Å²) < 4.78 is 0. The summed E-state index contributed by atoms with van der Waals surface area (Å²) in [6, 6.07) is -0.335. The van der Waals surface area contributed by atoms with Gasteiger partial charge in [-0.25, -0.2) is 0 Å². The number of hydrogen-bond donors (Lipinski definition) is 1. The predicted molar refractivity (Wildman–Crippen MR) is 60.0 cm³/mol. The average Bonchev–Trinajstić information content (AvgIpc) is 2.41. The molecule has 0 bridgehead atoms. The molecular weight excluding hydrogens is 192 g/mol. The molecule has 1 atom stereocenters. The average molecular weight is 214 g/mol. The number of carboxylic acid groups (broad SMARTS) is 1. The number of nitrogens with zero attached hydrogens (tertiary/aromatic N) is 2. The first-order chi connectivity index (χ1) is 7.11. The van der Waals surface area contributed by atoms with E-state index in [1.165, 1.54) is 12.8 Å². The van der Waals surface area contributed by atoms with Crippen molar-refractivity contribution >= 4 is 5.97 Å². The Morgan fingerprint density at radius 1 is 1.27 bits per heavy atom. The van der Waals surface area contributed by atoms with Gasteiger partial charge < -0.3 is 10.0 Å². The predicted octanol–water partition coefficient (Wildman–Crippen LogP) is 0.877. The summed E-state index contributed by atoms with van der Waals surface area (Å²) in [7, 11) is 3.85. The Bertz CT molecular complexity index is 199. The summed E-state index contributed by atoms with van der Waals surface area (Å²) in [6.45, 7) is 2.48. The monoisotopic (exact) mass is 214 g/mol. The van der Waals surface area contributed by atoms with E-state index in [1.807, 2.05) is 19.0 Å². The van der Waals surface area contributed by atoms with Gasteiger partial charge in [-0.15, -0.1) is 0 Å². The summed E-state index contributed by atoms with van der Waals surface area (Å²) in [5.74, 6) is -0.689. The third-order valence-electron chi connectivity index (χ3n) is 2.90. The Morgan fingerprint density at radius 3 is 2.20 bits per heavy atom. The van der Waals surface area contributed by atoms with Crippen molar-refractivity contribution in [3.63, 3.8) is 0 Å². The Kier molecular flexibility index (Phi) is 5.05. The lowest BCUT2D eigenvalue weighted by atomic mass is 10.2. The van der Waals surface area contributed by atoms with Crippen LogP contribution in [0.4, 0.5) is 0 Å². The molecule has 1 aliphatic rings. The van der Waals surface area contributed by atoms with Gasteiger partial charge in [-0.3, -0.25) is 9.69 Å². The van der Waals surface area contributed by atoms with E-state index in [2.05, 4.69) is 4.90 Å². The standard InChI is InChI=1S/C11H22N2O2/c1-12(2)9-10(11(14)15)13-7-5-3-4-6-8-13/h10H,3-9H2,1-2H3,(H,14,15). The molecule has 4 heteroatoms. The molecule has 15 heavy (non-hydrogen) atoms. The van der Waals surface area contributed by atoms with Gasteiger partial charge in [-0.1, -0.05) is 12.8 Å². The zero-order chi connectivity index (χ0) is 11.3. The first-order valence-electron chi connectivity index (χ1n) is 5.73. The van der Waals surface area contributed by atoms with Crippen LogP contribution in [0, 0.1) is 0 Å². The third-order valence-corrected chi connectivity index (χ3v) is 2.90. The number of likely N-dealkylation sites (tertiary alicyclic amines) is 1. The number of likely N-dealkylation sites (N-methyl/N-ethyl adjacent to an activating group) is 1. The lowest BCUT2D eigenvalue weighted by Gasteiger charge is -2.29. The van der Waals surface area contributed by atoms with Gasteiger partial charge in [0.1, 0.15) is 6.04 Å². The molecule has 0 aromatic rings. The number of carboxylic acids is 1. The molecule has 4 nitrogen and oxygen atoms in total. The van der Waals surface area contributed by atoms with E-state index in [1.54, 1.807) is 0 Å². The van der Waals surface area contributed by atoms with Crippen LogP contribution in [-0.4, -0.2) is 60.6 Å². The molecule has 1 unspecified atom stereocenters. The van der Waals surface area contributed by atoms with Crippen LogP contribution < -0.4 is 0 Å². The Morgan fingerprint density at radius 2 is 1.80 bits per heavy atom. The van der Waals surface area contributed by atoms with Crippen LogP contribution in [0.3, 0.4) is 0 Å². The smallest absolute Gasteiger partial charge is 0.322 e. The summed E-state index contributed by atoms with van der Waals surface area (Å²) in [5.41, 5.74) is 0. The van der Waals surface area contributed by atoms with Gasteiger partial charge in [0.05, 0.1) is 0 Å². The van der Waals surface area contributed by atoms with Crippen LogP contribution in [0.25, 0.3) is 0 Å². The van der Waals surface area contributed by atoms with Crippen LogP contribution in [-0.2, 0) is 4.79 Å². The van der Waals surface area contributed by atoms with Gasteiger partial charge in [-0.05, 0) is 40.0 Å². The Labute approximate surface area is 91.9 Å². The molecule has 0 aromatic carbocycles. The molecule has 88 valence electrons. The topological polar surface area (TPSA) is 43.8 Å². The third kappa shape index (κ3) is 4.18. The molecule has 0 radical (unpaired) electrons. The van der Waals surface area contributed by atoms with Crippen molar-refractivity contribution in [1.29, 1.82) is 0 Å². The molecule has 0 aliphatic carbocycles. The Balaban J connectivity index is 2.56. The fourth-order valence-electron chi connectivity index (χ4n) is 2.10. The van der Waals surface area contributed by atoms with Crippen LogP contribution in [0.2, 0.25) is 0 Å². The summed E-state index contributed by atoms with van der Waals surface area (Å²) in [6.07, 6.45) is 4.75. The maximum absolute atomic E-state index is 11.2. The highest BCUT2D eigenvalue weighted by atomic mass is 16.4. The maximum Gasteiger partial charge on any atom is 0.322 e. The molecule has 1 saturated heterocycles. The molecule has 1 N–H and O–H groups in total. The van der Waals surface area contributed by atoms with Gasteiger partial charge >= 0.3 is 5.97 Å². The zero-order valence-electron chi connectivity index (χ0n) is 9.78.